The van der Waals surface area contributed by atoms with Gasteiger partial charge in [0.25, 0.3) is 0 Å². The summed E-state index contributed by atoms with van der Waals surface area (Å²) < 4.78 is 45.3. The summed E-state index contributed by atoms with van der Waals surface area (Å²) >= 11 is 0. The Hall–Kier alpha value is -3.78. The summed E-state index contributed by atoms with van der Waals surface area (Å²) in [6, 6.07) is 10.7. The van der Waals surface area contributed by atoms with Crippen LogP contribution in [0.25, 0.3) is 0 Å². The number of hydrogen-bond donors (Lipinski definition) is 2. The lowest BCUT2D eigenvalue weighted by molar-refractivity contribution is -0.137. The molecule has 1 fully saturated rings. The van der Waals surface area contributed by atoms with Crippen LogP contribution in [0.5, 0.6) is 0 Å². The number of nitrogens with zero attached hydrogens (tertiary/aromatic N) is 3. The predicted molar refractivity (Wildman–Crippen MR) is 124 cm³/mol. The second-order valence-corrected chi connectivity index (χ2v) is 8.07. The number of hydrogen-bond acceptors (Lipinski definition) is 5. The molecule has 3 amide bonds. The first-order valence-electron chi connectivity index (χ1n) is 10.9. The minimum atomic E-state index is -4.70. The average molecular weight is 489 g/mol. The van der Waals surface area contributed by atoms with Crippen molar-refractivity contribution < 1.29 is 27.5 Å². The molecule has 11 heteroatoms. The molecule has 2 aromatic rings. The topological polar surface area (TPSA) is 97.7 Å². The van der Waals surface area contributed by atoms with Gasteiger partial charge in [-0.25, -0.2) is 4.79 Å². The molecule has 0 spiro atoms. The number of anilines is 2. The summed E-state index contributed by atoms with van der Waals surface area (Å²) in [5.74, 6) is -0.449. The van der Waals surface area contributed by atoms with E-state index < -0.39 is 35.3 Å². The van der Waals surface area contributed by atoms with Gasteiger partial charge in [-0.2, -0.15) is 18.4 Å². The Morgan fingerprint density at radius 1 is 1.17 bits per heavy atom. The maximum Gasteiger partial charge on any atom is 0.417 e. The number of aryl methyl sites for hydroxylation is 1. The third kappa shape index (κ3) is 6.42. The number of urea groups is 1. The molecule has 0 aromatic heterocycles. The smallest absolute Gasteiger partial charge is 0.383 e. The fourth-order valence-electron chi connectivity index (χ4n) is 3.77. The molecule has 186 valence electrons. The summed E-state index contributed by atoms with van der Waals surface area (Å²) in [4.78, 5) is 28.9. The minimum Gasteiger partial charge on any atom is -0.383 e. The van der Waals surface area contributed by atoms with Gasteiger partial charge >= 0.3 is 12.2 Å². The number of methoxy groups -OCH3 is 1. The van der Waals surface area contributed by atoms with Gasteiger partial charge in [-0.15, -0.1) is 0 Å². The van der Waals surface area contributed by atoms with E-state index >= 15 is 0 Å². The summed E-state index contributed by atoms with van der Waals surface area (Å²) in [5, 5.41) is 14.5. The van der Waals surface area contributed by atoms with Crippen LogP contribution < -0.4 is 15.5 Å². The molecule has 1 aliphatic rings. The van der Waals surface area contributed by atoms with E-state index in [0.29, 0.717) is 5.69 Å². The Balaban J connectivity index is 1.84. The number of nitrogens with one attached hydrogen (secondary N) is 2. The van der Waals surface area contributed by atoms with Crippen molar-refractivity contribution >= 4 is 23.3 Å². The number of carbonyl (C=O) groups excluding carboxylic acids is 2. The van der Waals surface area contributed by atoms with Gasteiger partial charge in [0.2, 0.25) is 5.91 Å². The summed E-state index contributed by atoms with van der Waals surface area (Å²) in [6.45, 7) is 2.67. The van der Waals surface area contributed by atoms with E-state index in [0.717, 1.165) is 17.7 Å². The van der Waals surface area contributed by atoms with Crippen LogP contribution in [0.4, 0.5) is 29.3 Å². The maximum absolute atomic E-state index is 13.5. The average Bonchev–Trinajstić information content (AvgIpc) is 2.84. The molecule has 3 rings (SSSR count). The Morgan fingerprint density at radius 3 is 2.51 bits per heavy atom. The maximum atomic E-state index is 13.5. The second-order valence-electron chi connectivity index (χ2n) is 8.07. The first-order valence-corrected chi connectivity index (χ1v) is 10.9. The Bertz CT molecular complexity index is 1100. The molecule has 1 aliphatic heterocycles. The van der Waals surface area contributed by atoms with Crippen molar-refractivity contribution in [3.63, 3.8) is 0 Å². The Kier molecular flexibility index (Phi) is 8.19. The highest BCUT2D eigenvalue weighted by Crippen LogP contribution is 2.35. The minimum absolute atomic E-state index is 0.0245. The summed E-state index contributed by atoms with van der Waals surface area (Å²) in [6.07, 6.45) is -4.70. The second kappa shape index (κ2) is 11.1. The monoisotopic (exact) mass is 489 g/mol. The van der Waals surface area contributed by atoms with E-state index in [4.69, 9.17) is 10.00 Å². The summed E-state index contributed by atoms with van der Waals surface area (Å²) in [5.41, 5.74) is 0.269. The molecule has 0 radical (unpaired) electrons. The van der Waals surface area contributed by atoms with Crippen LogP contribution in [0.1, 0.15) is 16.7 Å². The number of halogens is 3. The first-order chi connectivity index (χ1) is 16.6. The van der Waals surface area contributed by atoms with Crippen molar-refractivity contribution in [3.8, 4) is 6.07 Å². The fourth-order valence-corrected chi connectivity index (χ4v) is 3.77. The van der Waals surface area contributed by atoms with Gasteiger partial charge < -0.3 is 25.2 Å². The third-order valence-electron chi connectivity index (χ3n) is 5.65. The molecule has 2 aromatic carbocycles. The van der Waals surface area contributed by atoms with Crippen molar-refractivity contribution in [2.24, 2.45) is 0 Å². The van der Waals surface area contributed by atoms with Gasteiger partial charge in [-0.05, 0) is 37.3 Å². The van der Waals surface area contributed by atoms with Gasteiger partial charge in [0.1, 0.15) is 6.04 Å². The van der Waals surface area contributed by atoms with E-state index in [1.54, 1.807) is 23.1 Å². The zero-order valence-electron chi connectivity index (χ0n) is 19.4. The van der Waals surface area contributed by atoms with Crippen molar-refractivity contribution in [2.75, 3.05) is 50.1 Å². The number of amides is 3. The lowest BCUT2D eigenvalue weighted by Gasteiger charge is -2.41. The van der Waals surface area contributed by atoms with Crippen LogP contribution in [-0.4, -0.2) is 62.8 Å². The van der Waals surface area contributed by atoms with E-state index in [2.05, 4.69) is 10.6 Å². The molecule has 0 saturated carbocycles. The van der Waals surface area contributed by atoms with Gasteiger partial charge in [0, 0.05) is 44.7 Å². The van der Waals surface area contributed by atoms with Crippen LogP contribution in [-0.2, 0) is 15.7 Å². The van der Waals surface area contributed by atoms with Crippen molar-refractivity contribution in [3.05, 3.63) is 59.2 Å². The highest BCUT2D eigenvalue weighted by Gasteiger charge is 2.38. The number of carbonyl (C=O) groups is 2. The van der Waals surface area contributed by atoms with Gasteiger partial charge in [-0.1, -0.05) is 17.7 Å². The number of piperazine rings is 1. The molecule has 1 unspecified atom stereocenters. The highest BCUT2D eigenvalue weighted by atomic mass is 19.4. The molecule has 0 aliphatic carbocycles. The Morgan fingerprint density at radius 2 is 1.89 bits per heavy atom. The standard InChI is InChI=1S/C24H26F3N5O3/c1-16-3-6-18(7-4-16)30-23(34)32-11-10-31(15-21(32)22(33)29-9-12-35-2)19-8-5-17(14-28)20(13-19)24(25,26)27/h3-8,13,21H,9-12,15H2,1-2H3,(H,29,33)(H,30,34). The van der Waals surface area contributed by atoms with Gasteiger partial charge in [0.05, 0.1) is 23.8 Å². The first kappa shape index (κ1) is 25.8. The van der Waals surface area contributed by atoms with Crippen LogP contribution in [0.3, 0.4) is 0 Å². The van der Waals surface area contributed by atoms with E-state index in [-0.39, 0.29) is 38.5 Å². The number of rotatable bonds is 6. The normalized spacial score (nSPS) is 15.9. The Labute approximate surface area is 201 Å². The molecular formula is C24H26F3N5O3. The molecular weight excluding hydrogens is 463 g/mol. The molecule has 35 heavy (non-hydrogen) atoms. The molecule has 0 bridgehead atoms. The number of nitriles is 1. The van der Waals surface area contributed by atoms with E-state index in [9.17, 15) is 22.8 Å². The molecule has 2 N–H and O–H groups in total. The van der Waals surface area contributed by atoms with E-state index in [1.807, 2.05) is 19.1 Å². The van der Waals surface area contributed by atoms with Crippen molar-refractivity contribution in [1.29, 1.82) is 5.26 Å². The predicted octanol–water partition coefficient (Wildman–Crippen LogP) is 3.37. The lowest BCUT2D eigenvalue weighted by atomic mass is 10.0. The van der Waals surface area contributed by atoms with Gasteiger partial charge in [-0.3, -0.25) is 4.79 Å². The van der Waals surface area contributed by atoms with Crippen molar-refractivity contribution in [2.45, 2.75) is 19.1 Å². The zero-order chi connectivity index (χ0) is 25.6. The molecule has 1 atom stereocenters. The third-order valence-corrected chi connectivity index (χ3v) is 5.65. The number of alkyl halides is 3. The van der Waals surface area contributed by atoms with Gasteiger partial charge in [0.15, 0.2) is 0 Å². The fraction of sp³-hybridized carbons (Fsp3) is 0.375. The van der Waals surface area contributed by atoms with Crippen LogP contribution in [0, 0.1) is 18.3 Å². The van der Waals surface area contributed by atoms with Crippen LogP contribution in [0.2, 0.25) is 0 Å². The largest absolute Gasteiger partial charge is 0.417 e. The van der Waals surface area contributed by atoms with Crippen LogP contribution >= 0.6 is 0 Å². The van der Waals surface area contributed by atoms with Crippen LogP contribution in [0.15, 0.2) is 42.5 Å². The summed E-state index contributed by atoms with van der Waals surface area (Å²) in [7, 11) is 1.49. The zero-order valence-corrected chi connectivity index (χ0v) is 19.4. The number of ether oxygens (including phenoxy) is 1. The van der Waals surface area contributed by atoms with Crippen molar-refractivity contribution in [1.82, 2.24) is 10.2 Å². The molecule has 8 nitrogen and oxygen atoms in total. The SMILES string of the molecule is COCCNC(=O)C1CN(c2ccc(C#N)c(C(F)(F)F)c2)CCN1C(=O)Nc1ccc(C)cc1. The molecule has 1 heterocycles. The van der Waals surface area contributed by atoms with E-state index in [1.165, 1.54) is 18.1 Å². The lowest BCUT2D eigenvalue weighted by Crippen LogP contribution is -2.61. The highest BCUT2D eigenvalue weighted by molar-refractivity contribution is 5.94. The number of benzene rings is 2. The quantitative estimate of drug-likeness (QED) is 0.607. The molecule has 1 saturated heterocycles.